The second kappa shape index (κ2) is 57.7. The predicted molar refractivity (Wildman–Crippen MR) is 296 cm³/mol. The number of carbonyl (C=O) groups is 2. The van der Waals surface area contributed by atoms with E-state index in [1.807, 2.05) is 6.08 Å². The second-order valence-corrected chi connectivity index (χ2v) is 20.7. The number of amides is 1. The lowest BCUT2D eigenvalue weighted by Gasteiger charge is -2.20. The molecule has 68 heavy (non-hydrogen) atoms. The van der Waals surface area contributed by atoms with E-state index in [0.717, 1.165) is 83.5 Å². The third kappa shape index (κ3) is 53.4. The first-order chi connectivity index (χ1) is 33.5. The molecule has 2 atom stereocenters. The molecule has 3 N–H and O–H groups in total. The minimum Gasteiger partial charge on any atom is -0.466 e. The molecule has 0 bridgehead atoms. The Labute approximate surface area is 424 Å². The lowest BCUT2D eigenvalue weighted by molar-refractivity contribution is -0.143. The largest absolute Gasteiger partial charge is 0.466 e. The van der Waals surface area contributed by atoms with Crippen molar-refractivity contribution in [3.05, 3.63) is 36.5 Å². The molecule has 1 amide bonds. The van der Waals surface area contributed by atoms with E-state index in [1.54, 1.807) is 6.08 Å². The SMILES string of the molecule is CCCCCCCCCCCCCCCCCCC/C=C/C(O)C(CO)NC(=O)CCCCCCCCC/C=C\C/C=C\CCCCCOC(=O)CCCCCCCCCCCCCCCCC. The summed E-state index contributed by atoms with van der Waals surface area (Å²) in [6.07, 6.45) is 71.7. The minimum absolute atomic E-state index is 0.0134. The highest BCUT2D eigenvalue weighted by Crippen LogP contribution is 2.17. The molecule has 0 aliphatic rings. The first-order valence-electron chi connectivity index (χ1n) is 30.3. The quantitative estimate of drug-likeness (QED) is 0.0321. The van der Waals surface area contributed by atoms with Crippen LogP contribution < -0.4 is 5.32 Å². The number of hydrogen-bond acceptors (Lipinski definition) is 5. The molecule has 6 heteroatoms. The molecule has 0 aromatic heterocycles. The summed E-state index contributed by atoms with van der Waals surface area (Å²) in [5.41, 5.74) is 0. The van der Waals surface area contributed by atoms with Gasteiger partial charge in [0.05, 0.1) is 25.4 Å². The molecule has 2 unspecified atom stereocenters. The summed E-state index contributed by atoms with van der Waals surface area (Å²) in [6, 6.07) is -0.641. The molecule has 0 aromatic rings. The molecular weight excluding hydrogens is 839 g/mol. The van der Waals surface area contributed by atoms with Crippen LogP contribution in [-0.4, -0.2) is 47.4 Å². The van der Waals surface area contributed by atoms with E-state index in [1.165, 1.54) is 212 Å². The Balaban J connectivity index is 3.52. The molecule has 0 saturated carbocycles. The highest BCUT2D eigenvalue weighted by Gasteiger charge is 2.18. The fourth-order valence-corrected chi connectivity index (χ4v) is 9.25. The monoisotopic (exact) mass is 956 g/mol. The van der Waals surface area contributed by atoms with E-state index in [9.17, 15) is 19.8 Å². The molecule has 0 aliphatic heterocycles. The average Bonchev–Trinajstić information content (AvgIpc) is 3.34. The van der Waals surface area contributed by atoms with Crippen molar-refractivity contribution in [3.8, 4) is 0 Å². The maximum Gasteiger partial charge on any atom is 0.305 e. The van der Waals surface area contributed by atoms with Crippen LogP contribution in [0.2, 0.25) is 0 Å². The van der Waals surface area contributed by atoms with Crippen LogP contribution >= 0.6 is 0 Å². The Kier molecular flexibility index (Phi) is 56.0. The Morgan fingerprint density at radius 2 is 0.735 bits per heavy atom. The van der Waals surface area contributed by atoms with Crippen molar-refractivity contribution in [3.63, 3.8) is 0 Å². The summed E-state index contributed by atoms with van der Waals surface area (Å²) in [4.78, 5) is 24.5. The molecule has 0 spiro atoms. The number of ether oxygens (including phenoxy) is 1. The summed E-state index contributed by atoms with van der Waals surface area (Å²) >= 11 is 0. The van der Waals surface area contributed by atoms with Gasteiger partial charge in [0.2, 0.25) is 5.91 Å². The zero-order chi connectivity index (χ0) is 49.3. The van der Waals surface area contributed by atoms with Crippen LogP contribution in [0.5, 0.6) is 0 Å². The topological polar surface area (TPSA) is 95.9 Å². The van der Waals surface area contributed by atoms with Gasteiger partial charge in [0, 0.05) is 12.8 Å². The summed E-state index contributed by atoms with van der Waals surface area (Å²) in [7, 11) is 0. The average molecular weight is 957 g/mol. The summed E-state index contributed by atoms with van der Waals surface area (Å²) in [5, 5.41) is 23.2. The number of rotatable bonds is 56. The summed E-state index contributed by atoms with van der Waals surface area (Å²) in [5.74, 6) is -0.0955. The number of unbranched alkanes of at least 4 members (excludes halogenated alkanes) is 41. The number of nitrogens with one attached hydrogen (secondary N) is 1. The van der Waals surface area contributed by atoms with E-state index in [-0.39, 0.29) is 18.5 Å². The third-order valence-corrected chi connectivity index (χ3v) is 13.9. The van der Waals surface area contributed by atoms with Gasteiger partial charge in [0.15, 0.2) is 0 Å². The van der Waals surface area contributed by atoms with Gasteiger partial charge in [-0.15, -0.1) is 0 Å². The highest BCUT2D eigenvalue weighted by molar-refractivity contribution is 5.76. The molecule has 0 aromatic carbocycles. The van der Waals surface area contributed by atoms with Crippen molar-refractivity contribution in [2.24, 2.45) is 0 Å². The Bertz CT molecular complexity index is 1100. The number of hydrogen-bond donors (Lipinski definition) is 3. The van der Waals surface area contributed by atoms with Crippen LogP contribution in [0.3, 0.4) is 0 Å². The van der Waals surface area contributed by atoms with E-state index >= 15 is 0 Å². The van der Waals surface area contributed by atoms with E-state index < -0.39 is 12.1 Å². The van der Waals surface area contributed by atoms with Gasteiger partial charge in [-0.1, -0.05) is 275 Å². The molecular formula is C62H117NO5. The van der Waals surface area contributed by atoms with Crippen LogP contribution in [-0.2, 0) is 14.3 Å². The maximum atomic E-state index is 12.5. The van der Waals surface area contributed by atoms with Crippen molar-refractivity contribution in [1.29, 1.82) is 0 Å². The van der Waals surface area contributed by atoms with Gasteiger partial charge in [0.1, 0.15) is 0 Å². The van der Waals surface area contributed by atoms with Crippen molar-refractivity contribution < 1.29 is 24.5 Å². The molecule has 0 rings (SSSR count). The molecule has 0 saturated heterocycles. The molecule has 0 fully saturated rings. The molecule has 0 heterocycles. The zero-order valence-corrected chi connectivity index (χ0v) is 45.6. The van der Waals surface area contributed by atoms with Crippen LogP contribution in [0.15, 0.2) is 36.5 Å². The molecule has 0 aliphatic carbocycles. The van der Waals surface area contributed by atoms with Crippen LogP contribution in [0.4, 0.5) is 0 Å². The van der Waals surface area contributed by atoms with Crippen molar-refractivity contribution in [1.82, 2.24) is 5.32 Å². The van der Waals surface area contributed by atoms with Gasteiger partial charge in [-0.05, 0) is 70.6 Å². The molecule has 6 nitrogen and oxygen atoms in total. The number of allylic oxidation sites excluding steroid dienone is 5. The minimum atomic E-state index is -0.856. The molecule has 400 valence electrons. The maximum absolute atomic E-state index is 12.5. The molecule has 0 radical (unpaired) electrons. The van der Waals surface area contributed by atoms with Gasteiger partial charge in [-0.25, -0.2) is 0 Å². The van der Waals surface area contributed by atoms with E-state index in [2.05, 4.69) is 43.5 Å². The zero-order valence-electron chi connectivity index (χ0n) is 45.6. The van der Waals surface area contributed by atoms with Gasteiger partial charge < -0.3 is 20.3 Å². The fourth-order valence-electron chi connectivity index (χ4n) is 9.25. The van der Waals surface area contributed by atoms with E-state index in [0.29, 0.717) is 19.4 Å². The number of aliphatic hydroxyl groups is 2. The first kappa shape index (κ1) is 66.1. The van der Waals surface area contributed by atoms with E-state index in [4.69, 9.17) is 4.74 Å². The van der Waals surface area contributed by atoms with Gasteiger partial charge in [-0.2, -0.15) is 0 Å². The van der Waals surface area contributed by atoms with Crippen molar-refractivity contribution in [2.75, 3.05) is 13.2 Å². The number of esters is 1. The van der Waals surface area contributed by atoms with Crippen LogP contribution in [0.1, 0.15) is 322 Å². The fraction of sp³-hybridized carbons (Fsp3) is 0.871. The summed E-state index contributed by atoms with van der Waals surface area (Å²) < 4.78 is 5.46. The lowest BCUT2D eigenvalue weighted by atomic mass is 10.0. The van der Waals surface area contributed by atoms with Gasteiger partial charge in [0.25, 0.3) is 0 Å². The smallest absolute Gasteiger partial charge is 0.305 e. The Morgan fingerprint density at radius 1 is 0.412 bits per heavy atom. The highest BCUT2D eigenvalue weighted by atomic mass is 16.5. The van der Waals surface area contributed by atoms with Crippen molar-refractivity contribution >= 4 is 11.9 Å². The number of carbonyl (C=O) groups excluding carboxylic acids is 2. The van der Waals surface area contributed by atoms with Gasteiger partial charge in [-0.3, -0.25) is 9.59 Å². The Hall–Kier alpha value is -1.92. The van der Waals surface area contributed by atoms with Crippen LogP contribution in [0, 0.1) is 0 Å². The van der Waals surface area contributed by atoms with Crippen molar-refractivity contribution in [2.45, 2.75) is 334 Å². The second-order valence-electron chi connectivity index (χ2n) is 20.7. The summed E-state index contributed by atoms with van der Waals surface area (Å²) in [6.45, 7) is 4.88. The predicted octanol–water partition coefficient (Wildman–Crippen LogP) is 18.8. The Morgan fingerprint density at radius 3 is 1.12 bits per heavy atom. The number of aliphatic hydroxyl groups excluding tert-OH is 2. The van der Waals surface area contributed by atoms with Crippen LogP contribution in [0.25, 0.3) is 0 Å². The first-order valence-corrected chi connectivity index (χ1v) is 30.3. The normalized spacial score (nSPS) is 12.8. The lowest BCUT2D eigenvalue weighted by Crippen LogP contribution is -2.45. The van der Waals surface area contributed by atoms with Gasteiger partial charge >= 0.3 is 5.97 Å². The standard InChI is InChI=1S/C62H117NO5/c1-3-5-7-9-11-13-15-17-19-20-21-23-27-30-34-38-42-46-50-54-60(65)59(58-64)63-61(66)55-51-47-43-39-35-31-28-24-22-25-29-33-37-41-45-49-53-57-68-62(67)56-52-48-44-40-36-32-26-18-16-14-12-10-8-6-4-2/h22,25,33,37,50,54,59-60,64-65H,3-21,23-24,26-32,34-36,38-49,51-53,55-58H2,1-2H3,(H,63,66)/b25-22-,37-33-,54-50+. The third-order valence-electron chi connectivity index (χ3n) is 13.9.